The van der Waals surface area contributed by atoms with Crippen molar-refractivity contribution in [3.8, 4) is 16.9 Å². The Labute approximate surface area is 241 Å². The molecule has 2 bridgehead atoms. The van der Waals surface area contributed by atoms with Crippen LogP contribution in [0.15, 0.2) is 65.8 Å². The van der Waals surface area contributed by atoms with E-state index >= 15 is 0 Å². The summed E-state index contributed by atoms with van der Waals surface area (Å²) in [6.45, 7) is 0.984. The molecule has 208 valence electrons. The van der Waals surface area contributed by atoms with Crippen molar-refractivity contribution in [2.45, 2.75) is 44.2 Å². The van der Waals surface area contributed by atoms with Gasteiger partial charge in [0.1, 0.15) is 6.04 Å². The number of aromatic nitrogens is 5. The SMILES string of the molecule is NCC[C@H]1Nc2cccc(c2)C(n2cnc(-c3cc(Cl)ccc3-n3cc(Cl)nn3)cc2=O)CCCCCNC1=O. The number of carbonyl (C=O) groups is 1. The van der Waals surface area contributed by atoms with Gasteiger partial charge in [0, 0.05) is 28.9 Å². The fourth-order valence-electron chi connectivity index (χ4n) is 4.98. The van der Waals surface area contributed by atoms with E-state index < -0.39 is 6.04 Å². The number of fused-ring (bicyclic) bond motifs is 2. The van der Waals surface area contributed by atoms with Crippen molar-refractivity contribution in [1.29, 1.82) is 0 Å². The Kier molecular flexibility index (Phi) is 8.78. The lowest BCUT2D eigenvalue weighted by Gasteiger charge is -2.22. The molecule has 0 aliphatic carbocycles. The molecule has 1 aliphatic rings. The van der Waals surface area contributed by atoms with Crippen molar-refractivity contribution < 1.29 is 4.79 Å². The molecule has 2 atom stereocenters. The van der Waals surface area contributed by atoms with Gasteiger partial charge >= 0.3 is 0 Å². The summed E-state index contributed by atoms with van der Waals surface area (Å²) in [7, 11) is 0. The van der Waals surface area contributed by atoms with Crippen molar-refractivity contribution in [3.63, 3.8) is 0 Å². The molecule has 0 fully saturated rings. The summed E-state index contributed by atoms with van der Waals surface area (Å²) in [5.41, 5.74) is 9.06. The van der Waals surface area contributed by atoms with Crippen molar-refractivity contribution in [2.75, 3.05) is 18.4 Å². The first-order valence-electron chi connectivity index (χ1n) is 13.2. The van der Waals surface area contributed by atoms with E-state index in [0.717, 1.165) is 36.9 Å². The number of nitrogens with two attached hydrogens (primary N) is 1. The van der Waals surface area contributed by atoms with Crippen LogP contribution in [0.3, 0.4) is 0 Å². The predicted molar refractivity (Wildman–Crippen MR) is 156 cm³/mol. The molecule has 0 saturated heterocycles. The zero-order chi connectivity index (χ0) is 28.1. The van der Waals surface area contributed by atoms with E-state index in [2.05, 4.69) is 25.9 Å². The number of halogens is 2. The monoisotopic (exact) mass is 580 g/mol. The van der Waals surface area contributed by atoms with Crippen LogP contribution in [0.5, 0.6) is 0 Å². The average molecular weight is 582 g/mol. The number of amides is 1. The van der Waals surface area contributed by atoms with Gasteiger partial charge in [-0.05, 0) is 61.7 Å². The first-order valence-corrected chi connectivity index (χ1v) is 14.0. The maximum atomic E-state index is 13.6. The molecule has 4 N–H and O–H groups in total. The molecule has 3 heterocycles. The van der Waals surface area contributed by atoms with Gasteiger partial charge in [0.2, 0.25) is 5.91 Å². The number of rotatable bonds is 5. The fraction of sp³-hybridized carbons (Fsp3) is 0.321. The Morgan fingerprint density at radius 3 is 2.70 bits per heavy atom. The third-order valence-electron chi connectivity index (χ3n) is 6.96. The van der Waals surface area contributed by atoms with Gasteiger partial charge in [0.15, 0.2) is 5.15 Å². The zero-order valence-electron chi connectivity index (χ0n) is 21.8. The molecule has 2 aromatic heterocycles. The van der Waals surface area contributed by atoms with Crippen molar-refractivity contribution >= 4 is 34.8 Å². The minimum Gasteiger partial charge on any atom is -0.374 e. The van der Waals surface area contributed by atoms with Crippen LogP contribution in [0.2, 0.25) is 10.2 Å². The van der Waals surface area contributed by atoms with Crippen LogP contribution >= 0.6 is 23.2 Å². The molecule has 0 saturated carbocycles. The van der Waals surface area contributed by atoms with Crippen molar-refractivity contribution in [3.05, 3.63) is 87.1 Å². The van der Waals surface area contributed by atoms with Gasteiger partial charge in [-0.15, -0.1) is 5.10 Å². The molecule has 4 aromatic rings. The van der Waals surface area contributed by atoms with E-state index in [1.54, 1.807) is 35.3 Å². The molecule has 0 spiro atoms. The van der Waals surface area contributed by atoms with Gasteiger partial charge in [-0.1, -0.05) is 53.4 Å². The number of carbonyl (C=O) groups excluding carboxylic acids is 1. The second kappa shape index (κ2) is 12.6. The highest BCUT2D eigenvalue weighted by Gasteiger charge is 2.21. The van der Waals surface area contributed by atoms with Crippen LogP contribution < -0.4 is 21.9 Å². The molecule has 0 radical (unpaired) electrons. The van der Waals surface area contributed by atoms with Gasteiger partial charge in [-0.3, -0.25) is 14.2 Å². The van der Waals surface area contributed by atoms with Gasteiger partial charge < -0.3 is 16.4 Å². The Morgan fingerprint density at radius 1 is 1.05 bits per heavy atom. The third kappa shape index (κ3) is 6.35. The van der Waals surface area contributed by atoms with Gasteiger partial charge in [0.05, 0.1) is 29.9 Å². The lowest BCUT2D eigenvalue weighted by atomic mass is 9.99. The quantitative estimate of drug-likeness (QED) is 0.322. The van der Waals surface area contributed by atoms with E-state index in [0.29, 0.717) is 41.5 Å². The Morgan fingerprint density at radius 2 is 1.93 bits per heavy atom. The zero-order valence-corrected chi connectivity index (χ0v) is 23.3. The number of anilines is 1. The molecule has 5 rings (SSSR count). The fourth-order valence-corrected chi connectivity index (χ4v) is 5.28. The lowest BCUT2D eigenvalue weighted by molar-refractivity contribution is -0.121. The smallest absolute Gasteiger partial charge is 0.254 e. The second-order valence-corrected chi connectivity index (χ2v) is 10.5. The first kappa shape index (κ1) is 27.8. The predicted octanol–water partition coefficient (Wildman–Crippen LogP) is 4.21. The number of benzene rings is 2. The summed E-state index contributed by atoms with van der Waals surface area (Å²) < 4.78 is 3.19. The molecule has 10 nitrogen and oxygen atoms in total. The summed E-state index contributed by atoms with van der Waals surface area (Å²) in [6, 6.07) is 13.9. The highest BCUT2D eigenvalue weighted by molar-refractivity contribution is 6.31. The normalized spacial score (nSPS) is 18.1. The van der Waals surface area contributed by atoms with Gasteiger partial charge in [-0.2, -0.15) is 0 Å². The maximum absolute atomic E-state index is 13.6. The van der Waals surface area contributed by atoms with Gasteiger partial charge in [0.25, 0.3) is 5.56 Å². The van der Waals surface area contributed by atoms with E-state index in [1.807, 2.05) is 24.3 Å². The van der Waals surface area contributed by atoms with Crippen LogP contribution in [0.1, 0.15) is 43.7 Å². The van der Waals surface area contributed by atoms with E-state index in [-0.39, 0.29) is 22.7 Å². The topological polar surface area (TPSA) is 133 Å². The number of nitrogens with one attached hydrogen (secondary N) is 2. The molecule has 1 aliphatic heterocycles. The van der Waals surface area contributed by atoms with Crippen molar-refractivity contribution in [2.24, 2.45) is 5.73 Å². The number of hydrogen-bond acceptors (Lipinski definition) is 7. The molecular formula is C28H30Cl2N8O2. The maximum Gasteiger partial charge on any atom is 0.254 e. The van der Waals surface area contributed by atoms with Crippen LogP contribution in [-0.2, 0) is 4.79 Å². The molecule has 2 aromatic carbocycles. The molecule has 12 heteroatoms. The Hall–Kier alpha value is -3.73. The largest absolute Gasteiger partial charge is 0.374 e. The van der Waals surface area contributed by atoms with Crippen LogP contribution in [0.4, 0.5) is 5.69 Å². The number of hydrogen-bond donors (Lipinski definition) is 3. The minimum absolute atomic E-state index is 0.0591. The Bertz CT molecular complexity index is 1550. The summed E-state index contributed by atoms with van der Waals surface area (Å²) >= 11 is 12.3. The van der Waals surface area contributed by atoms with E-state index in [9.17, 15) is 9.59 Å². The Balaban J connectivity index is 1.51. The molecule has 40 heavy (non-hydrogen) atoms. The van der Waals surface area contributed by atoms with Crippen LogP contribution in [0.25, 0.3) is 16.9 Å². The van der Waals surface area contributed by atoms with Crippen LogP contribution in [0, 0.1) is 0 Å². The summed E-state index contributed by atoms with van der Waals surface area (Å²) in [4.78, 5) is 31.0. The summed E-state index contributed by atoms with van der Waals surface area (Å²) in [5, 5.41) is 15.0. The van der Waals surface area contributed by atoms with E-state index in [4.69, 9.17) is 28.9 Å². The van der Waals surface area contributed by atoms with Gasteiger partial charge in [-0.25, -0.2) is 9.67 Å². The minimum atomic E-state index is -0.435. The number of nitrogens with zero attached hydrogens (tertiary/aromatic N) is 5. The molecule has 1 amide bonds. The highest BCUT2D eigenvalue weighted by Crippen LogP contribution is 2.30. The second-order valence-electron chi connectivity index (χ2n) is 9.72. The standard InChI is InChI=1S/C28H30Cl2N8O2/c29-19-8-9-25(38-16-26(30)35-36-38)21(14-19)23-15-27(39)37(17-33-23)24-7-2-1-3-12-32-28(40)22(10-11-31)34-20-6-4-5-18(24)13-20/h4-6,8-9,13-17,22,24,34H,1-3,7,10-12,31H2,(H,32,40)/t22-,24?/m1/s1. The lowest BCUT2D eigenvalue weighted by Crippen LogP contribution is -2.41. The molecule has 1 unspecified atom stereocenters. The highest BCUT2D eigenvalue weighted by atomic mass is 35.5. The summed E-state index contributed by atoms with van der Waals surface area (Å²) in [6.07, 6.45) is 7.05. The van der Waals surface area contributed by atoms with Crippen molar-refractivity contribution in [1.82, 2.24) is 29.9 Å². The average Bonchev–Trinajstić information content (AvgIpc) is 3.38. The van der Waals surface area contributed by atoms with Crippen LogP contribution in [-0.4, -0.2) is 49.6 Å². The summed E-state index contributed by atoms with van der Waals surface area (Å²) in [5.74, 6) is -0.0591. The third-order valence-corrected chi connectivity index (χ3v) is 7.36. The van der Waals surface area contributed by atoms with E-state index in [1.165, 1.54) is 10.7 Å². The first-order chi connectivity index (χ1) is 19.4. The molecular weight excluding hydrogens is 551 g/mol.